The smallest absolute Gasteiger partial charge is 0.458 e. The van der Waals surface area contributed by atoms with Gasteiger partial charge in [-0.3, -0.25) is 0 Å². The molecule has 2 aromatic carbocycles. The largest absolute Gasteiger partial charge is 0.489 e. The first-order valence-corrected chi connectivity index (χ1v) is 8.12. The van der Waals surface area contributed by atoms with Crippen molar-refractivity contribution in [3.05, 3.63) is 58.9 Å². The fraction of sp³-hybridized carbons (Fsp3) is 0.333. The Bertz CT molecular complexity index is 813. The summed E-state index contributed by atoms with van der Waals surface area (Å²) in [4.78, 5) is 0. The van der Waals surface area contributed by atoms with Crippen molar-refractivity contribution in [1.29, 1.82) is 0 Å². The quantitative estimate of drug-likeness (QED) is 0.405. The normalized spacial score (nSPS) is 12.2. The van der Waals surface area contributed by atoms with Crippen molar-refractivity contribution in [1.82, 2.24) is 5.32 Å². The maximum absolute atomic E-state index is 13.6. The minimum Gasteiger partial charge on any atom is -0.489 e. The van der Waals surface area contributed by atoms with Gasteiger partial charge in [0.1, 0.15) is 26.0 Å². The number of ether oxygens (including phenoxy) is 1. The number of aliphatic hydroxyl groups is 1. The van der Waals surface area contributed by atoms with Gasteiger partial charge in [-0.25, -0.2) is 4.39 Å². The molecule has 0 aliphatic carbocycles. The highest BCUT2D eigenvalue weighted by Gasteiger charge is 2.59. The Labute approximate surface area is 158 Å². The molecule has 0 aliphatic heterocycles. The SMILES string of the molecule is [B]c1ccc(OCc2ccc(F)c(C(F)(F)C(F)(F)F)c2)c(CNCCO)c1. The van der Waals surface area contributed by atoms with Crippen LogP contribution in [0.4, 0.5) is 26.3 Å². The molecule has 0 spiro atoms. The zero-order valence-electron chi connectivity index (χ0n) is 14.5. The lowest BCUT2D eigenvalue weighted by molar-refractivity contribution is -0.290. The molecular weight excluding hydrogens is 387 g/mol. The van der Waals surface area contributed by atoms with E-state index in [0.717, 1.165) is 6.07 Å². The van der Waals surface area contributed by atoms with E-state index in [-0.39, 0.29) is 25.3 Å². The minimum atomic E-state index is -5.92. The summed E-state index contributed by atoms with van der Waals surface area (Å²) in [6.45, 7) is 0.131. The van der Waals surface area contributed by atoms with Gasteiger partial charge in [-0.15, -0.1) is 0 Å². The molecule has 2 radical (unpaired) electrons. The van der Waals surface area contributed by atoms with Crippen LogP contribution >= 0.6 is 0 Å². The summed E-state index contributed by atoms with van der Waals surface area (Å²) < 4.78 is 83.7. The minimum absolute atomic E-state index is 0.0635. The first-order chi connectivity index (χ1) is 13.1. The molecular formula is C18H16BF6NO2. The van der Waals surface area contributed by atoms with Crippen LogP contribution in [0.5, 0.6) is 5.75 Å². The molecule has 2 rings (SSSR count). The Morgan fingerprint density at radius 3 is 2.39 bits per heavy atom. The van der Waals surface area contributed by atoms with Crippen molar-refractivity contribution in [2.24, 2.45) is 0 Å². The average Bonchev–Trinajstić information content (AvgIpc) is 2.61. The van der Waals surface area contributed by atoms with E-state index in [1.54, 1.807) is 6.07 Å². The second-order valence-corrected chi connectivity index (χ2v) is 5.94. The van der Waals surface area contributed by atoms with Gasteiger partial charge >= 0.3 is 12.1 Å². The average molecular weight is 403 g/mol. The molecule has 0 heterocycles. The van der Waals surface area contributed by atoms with Crippen LogP contribution in [-0.4, -0.2) is 32.3 Å². The zero-order chi connectivity index (χ0) is 20.9. The van der Waals surface area contributed by atoms with Gasteiger partial charge in [0, 0.05) is 18.7 Å². The molecule has 0 bridgehead atoms. The molecule has 10 heteroatoms. The maximum atomic E-state index is 13.6. The van der Waals surface area contributed by atoms with Gasteiger partial charge in [-0.05, 0) is 23.8 Å². The first kappa shape index (κ1) is 22.1. The number of rotatable bonds is 8. The molecule has 0 atom stereocenters. The third-order valence-electron chi connectivity index (χ3n) is 3.81. The van der Waals surface area contributed by atoms with Crippen molar-refractivity contribution in [2.45, 2.75) is 25.3 Å². The van der Waals surface area contributed by atoms with Gasteiger partial charge in [0.2, 0.25) is 0 Å². The van der Waals surface area contributed by atoms with Crippen LogP contribution in [0.1, 0.15) is 16.7 Å². The summed E-state index contributed by atoms with van der Waals surface area (Å²) in [6, 6.07) is 6.67. The van der Waals surface area contributed by atoms with Gasteiger partial charge in [0.05, 0.1) is 12.2 Å². The van der Waals surface area contributed by atoms with Crippen LogP contribution < -0.4 is 15.5 Å². The van der Waals surface area contributed by atoms with E-state index in [0.29, 0.717) is 35.5 Å². The molecule has 0 aromatic heterocycles. The molecule has 2 N–H and O–H groups in total. The number of nitrogens with one attached hydrogen (secondary N) is 1. The second-order valence-electron chi connectivity index (χ2n) is 5.94. The number of hydrogen-bond donors (Lipinski definition) is 2. The summed E-state index contributed by atoms with van der Waals surface area (Å²) in [5, 5.41) is 11.7. The maximum Gasteiger partial charge on any atom is 0.458 e. The summed E-state index contributed by atoms with van der Waals surface area (Å²) in [6.07, 6.45) is -5.92. The van der Waals surface area contributed by atoms with Crippen molar-refractivity contribution >= 4 is 13.3 Å². The van der Waals surface area contributed by atoms with Crippen molar-refractivity contribution in [3.8, 4) is 5.75 Å². The van der Waals surface area contributed by atoms with E-state index < -0.39 is 23.5 Å². The standard InChI is InChI=1S/C18H16BF6NO2/c19-13-2-4-16(12(8-13)9-26-5-6-27)28-10-11-1-3-15(20)14(7-11)17(21,22)18(23,24)25/h1-4,7-8,26-27H,5-6,9-10H2. The highest BCUT2D eigenvalue weighted by atomic mass is 19.4. The van der Waals surface area contributed by atoms with E-state index in [1.807, 2.05) is 0 Å². The number of halogens is 6. The highest BCUT2D eigenvalue weighted by molar-refractivity contribution is 6.32. The molecule has 0 saturated carbocycles. The van der Waals surface area contributed by atoms with Crippen LogP contribution in [0.2, 0.25) is 0 Å². The van der Waals surface area contributed by atoms with Gasteiger partial charge in [0.25, 0.3) is 0 Å². The summed E-state index contributed by atoms with van der Waals surface area (Å²) in [5.41, 5.74) is -0.798. The molecule has 0 unspecified atom stereocenters. The van der Waals surface area contributed by atoms with Crippen molar-refractivity contribution < 1.29 is 36.2 Å². The highest BCUT2D eigenvalue weighted by Crippen LogP contribution is 2.45. The molecule has 28 heavy (non-hydrogen) atoms. The molecule has 0 fully saturated rings. The van der Waals surface area contributed by atoms with Crippen molar-refractivity contribution in [3.63, 3.8) is 0 Å². The summed E-state index contributed by atoms with van der Waals surface area (Å²) >= 11 is 0. The Hall–Kier alpha value is -2.20. The predicted octanol–water partition coefficient (Wildman–Crippen LogP) is 2.93. The Kier molecular flexibility index (Phi) is 7.00. The Balaban J connectivity index is 2.21. The molecule has 150 valence electrons. The third-order valence-corrected chi connectivity index (χ3v) is 3.81. The monoisotopic (exact) mass is 403 g/mol. The lowest BCUT2D eigenvalue weighted by Crippen LogP contribution is -2.34. The zero-order valence-corrected chi connectivity index (χ0v) is 14.5. The van der Waals surface area contributed by atoms with Gasteiger partial charge in [0.15, 0.2) is 0 Å². The van der Waals surface area contributed by atoms with E-state index in [1.165, 1.54) is 12.1 Å². The number of hydrogen-bond acceptors (Lipinski definition) is 3. The molecule has 0 amide bonds. The van der Waals surface area contributed by atoms with Crippen LogP contribution in [0.25, 0.3) is 0 Å². The Morgan fingerprint density at radius 1 is 1.04 bits per heavy atom. The number of benzene rings is 2. The molecule has 0 saturated heterocycles. The lowest BCUT2D eigenvalue weighted by Gasteiger charge is -2.21. The number of aliphatic hydroxyl groups excluding tert-OH is 1. The van der Waals surface area contributed by atoms with E-state index >= 15 is 0 Å². The second kappa shape index (κ2) is 8.87. The molecule has 2 aromatic rings. The van der Waals surface area contributed by atoms with E-state index in [4.69, 9.17) is 17.7 Å². The summed E-state index contributed by atoms with van der Waals surface area (Å²) in [7, 11) is 5.70. The van der Waals surface area contributed by atoms with Crippen molar-refractivity contribution in [2.75, 3.05) is 13.2 Å². The fourth-order valence-corrected chi connectivity index (χ4v) is 2.40. The van der Waals surface area contributed by atoms with Crippen LogP contribution in [0.3, 0.4) is 0 Å². The van der Waals surface area contributed by atoms with E-state index in [9.17, 15) is 26.3 Å². The van der Waals surface area contributed by atoms with Gasteiger partial charge < -0.3 is 15.2 Å². The van der Waals surface area contributed by atoms with Gasteiger partial charge in [-0.2, -0.15) is 22.0 Å². The predicted molar refractivity (Wildman–Crippen MR) is 91.3 cm³/mol. The molecule has 0 aliphatic rings. The Morgan fingerprint density at radius 2 is 1.75 bits per heavy atom. The fourth-order valence-electron chi connectivity index (χ4n) is 2.40. The van der Waals surface area contributed by atoms with Crippen LogP contribution in [0.15, 0.2) is 36.4 Å². The first-order valence-electron chi connectivity index (χ1n) is 8.12. The number of alkyl halides is 5. The third kappa shape index (κ3) is 5.20. The topological polar surface area (TPSA) is 41.5 Å². The molecule has 3 nitrogen and oxygen atoms in total. The summed E-state index contributed by atoms with van der Waals surface area (Å²) in [5.74, 6) is -6.67. The van der Waals surface area contributed by atoms with Gasteiger partial charge in [-0.1, -0.05) is 23.7 Å². The van der Waals surface area contributed by atoms with E-state index in [2.05, 4.69) is 5.32 Å². The van der Waals surface area contributed by atoms with Crippen LogP contribution in [0, 0.1) is 5.82 Å². The lowest BCUT2D eigenvalue weighted by atomic mass is 9.94. The van der Waals surface area contributed by atoms with Crippen LogP contribution in [-0.2, 0) is 19.1 Å².